The Kier molecular flexibility index (Phi) is 36.6. The Morgan fingerprint density at radius 2 is 1.78 bits per heavy atom. The summed E-state index contributed by atoms with van der Waals surface area (Å²) in [5.74, 6) is 0.00463. The number of likely N-dealkylation sites (N-methyl/N-ethyl adjacent to an activating group) is 1. The largest absolute Gasteiger partial charge is 0.391 e. The third kappa shape index (κ3) is 44.9. The van der Waals surface area contributed by atoms with E-state index in [1.165, 1.54) is 19.8 Å². The number of nitrogens with zero attached hydrogens (tertiary/aromatic N) is 1. The van der Waals surface area contributed by atoms with Crippen LogP contribution in [0.2, 0.25) is 0 Å². The Hall–Kier alpha value is -1.57. The maximum atomic E-state index is 9.70. The molecular weight excluding hydrogens is 288 g/mol. The first-order valence-corrected chi connectivity index (χ1v) is 7.95. The molecule has 0 aromatic heterocycles. The highest BCUT2D eigenvalue weighted by Crippen LogP contribution is 1.97. The molecule has 0 radical (unpaired) electrons. The number of terminal acetylenes is 1. The lowest BCUT2D eigenvalue weighted by atomic mass is 10.2. The van der Waals surface area contributed by atoms with Crippen molar-refractivity contribution in [3.63, 3.8) is 0 Å². The number of aliphatic hydroxyl groups is 1. The molecule has 0 aliphatic carbocycles. The SMILES string of the molecule is C#C.C/C=C\C.C=CCC(O)CN(C)CCCC.CNC(C)=O. The van der Waals surface area contributed by atoms with Gasteiger partial charge in [0.15, 0.2) is 0 Å². The summed E-state index contributed by atoms with van der Waals surface area (Å²) in [5.41, 5.74) is 0. The minimum absolute atomic E-state index is 0.00463. The van der Waals surface area contributed by atoms with Crippen LogP contribution in [-0.4, -0.2) is 49.2 Å². The lowest BCUT2D eigenvalue weighted by molar-refractivity contribution is -0.118. The van der Waals surface area contributed by atoms with E-state index in [4.69, 9.17) is 0 Å². The molecule has 0 heterocycles. The van der Waals surface area contributed by atoms with Gasteiger partial charge in [0.2, 0.25) is 5.91 Å². The highest BCUT2D eigenvalue weighted by Gasteiger charge is 2.04. The van der Waals surface area contributed by atoms with Crippen LogP contribution in [0.3, 0.4) is 0 Å². The van der Waals surface area contributed by atoms with E-state index < -0.39 is 0 Å². The number of amides is 1. The number of nitrogens with one attached hydrogen (secondary N) is 1. The monoisotopic (exact) mass is 326 g/mol. The first-order valence-electron chi connectivity index (χ1n) is 7.95. The molecule has 0 saturated carbocycles. The van der Waals surface area contributed by atoms with Gasteiger partial charge >= 0.3 is 0 Å². The molecule has 0 bridgehead atoms. The highest BCUT2D eigenvalue weighted by molar-refractivity contribution is 5.72. The van der Waals surface area contributed by atoms with Crippen molar-refractivity contribution in [2.24, 2.45) is 0 Å². The first kappa shape index (κ1) is 29.4. The molecule has 0 aromatic carbocycles. The number of allylic oxidation sites excluding steroid dienone is 2. The van der Waals surface area contributed by atoms with Crippen LogP contribution >= 0.6 is 0 Å². The van der Waals surface area contributed by atoms with Crippen LogP contribution in [0.4, 0.5) is 0 Å². The molecule has 0 fully saturated rings. The van der Waals surface area contributed by atoms with Gasteiger partial charge in [-0.2, -0.15) is 0 Å². The van der Waals surface area contributed by atoms with Crippen LogP contribution in [-0.2, 0) is 4.79 Å². The highest BCUT2D eigenvalue weighted by atomic mass is 16.3. The molecule has 2 N–H and O–H groups in total. The predicted octanol–water partition coefficient (Wildman–Crippen LogP) is 3.24. The fraction of sp³-hybridized carbons (Fsp3) is 0.632. The van der Waals surface area contributed by atoms with E-state index in [-0.39, 0.29) is 12.0 Å². The number of aliphatic hydroxyl groups excluding tert-OH is 1. The molecular formula is C19H38N2O2. The van der Waals surface area contributed by atoms with Gasteiger partial charge in [0.05, 0.1) is 6.10 Å². The molecule has 4 heteroatoms. The lowest BCUT2D eigenvalue weighted by Gasteiger charge is -2.19. The maximum absolute atomic E-state index is 9.70. The number of rotatable bonds is 7. The van der Waals surface area contributed by atoms with Gasteiger partial charge in [-0.25, -0.2) is 0 Å². The molecule has 0 saturated heterocycles. The molecule has 0 spiro atoms. The molecule has 0 aliphatic rings. The Morgan fingerprint density at radius 3 is 2.04 bits per heavy atom. The van der Waals surface area contributed by atoms with E-state index in [2.05, 4.69) is 36.6 Å². The molecule has 1 atom stereocenters. The summed E-state index contributed by atoms with van der Waals surface area (Å²) < 4.78 is 0. The second-order valence-electron chi connectivity index (χ2n) is 4.77. The fourth-order valence-corrected chi connectivity index (χ4v) is 1.15. The van der Waals surface area contributed by atoms with Crippen LogP contribution < -0.4 is 5.32 Å². The van der Waals surface area contributed by atoms with Gasteiger partial charge in [0.25, 0.3) is 0 Å². The van der Waals surface area contributed by atoms with E-state index in [0.29, 0.717) is 6.42 Å². The van der Waals surface area contributed by atoms with Gasteiger partial charge in [-0.1, -0.05) is 31.6 Å². The standard InChI is InChI=1S/C10H21NO.C4H8.C3H7NO.C2H2/c1-4-6-8-11(3)9-10(12)7-5-2;1-3-4-2;1-3(5)4-2;1-2/h5,10,12H,2,4,6-9H2,1,3H3;3-4H,1-2H3;1-2H3,(H,4,5);1-2H/b;4-3-;;. The number of carbonyl (C=O) groups excluding carboxylic acids is 1. The number of hydrogen-bond acceptors (Lipinski definition) is 3. The summed E-state index contributed by atoms with van der Waals surface area (Å²) in [4.78, 5) is 11.9. The van der Waals surface area contributed by atoms with Crippen LogP contribution in [0.1, 0.15) is 47.0 Å². The average Bonchev–Trinajstić information content (AvgIpc) is 2.55. The van der Waals surface area contributed by atoms with Crippen molar-refractivity contribution in [3.8, 4) is 12.8 Å². The van der Waals surface area contributed by atoms with Crippen molar-refractivity contribution in [1.82, 2.24) is 10.2 Å². The maximum Gasteiger partial charge on any atom is 0.216 e. The zero-order valence-corrected chi connectivity index (χ0v) is 16.0. The van der Waals surface area contributed by atoms with Gasteiger partial charge in [-0.15, -0.1) is 19.4 Å². The van der Waals surface area contributed by atoms with Gasteiger partial charge in [0.1, 0.15) is 0 Å². The van der Waals surface area contributed by atoms with Crippen molar-refractivity contribution in [3.05, 3.63) is 24.8 Å². The van der Waals surface area contributed by atoms with E-state index in [1.54, 1.807) is 13.1 Å². The molecule has 4 nitrogen and oxygen atoms in total. The third-order valence-electron chi connectivity index (χ3n) is 2.54. The average molecular weight is 327 g/mol. The second-order valence-corrected chi connectivity index (χ2v) is 4.77. The first-order chi connectivity index (χ1) is 10.9. The second kappa shape index (κ2) is 28.6. The van der Waals surface area contributed by atoms with Crippen molar-refractivity contribution < 1.29 is 9.90 Å². The van der Waals surface area contributed by atoms with E-state index >= 15 is 0 Å². The number of carbonyl (C=O) groups is 1. The number of hydrogen-bond donors (Lipinski definition) is 2. The molecule has 1 amide bonds. The molecule has 1 unspecified atom stereocenters. The van der Waals surface area contributed by atoms with Gasteiger partial charge in [-0.3, -0.25) is 4.79 Å². The minimum atomic E-state index is -0.246. The molecule has 23 heavy (non-hydrogen) atoms. The van der Waals surface area contributed by atoms with Crippen LogP contribution in [0.5, 0.6) is 0 Å². The zero-order chi connectivity index (χ0) is 19.1. The summed E-state index contributed by atoms with van der Waals surface area (Å²) in [7, 11) is 3.64. The smallest absolute Gasteiger partial charge is 0.216 e. The van der Waals surface area contributed by atoms with E-state index in [9.17, 15) is 9.90 Å². The van der Waals surface area contributed by atoms with Gasteiger partial charge < -0.3 is 15.3 Å². The van der Waals surface area contributed by atoms with Gasteiger partial charge in [0, 0.05) is 20.5 Å². The van der Waals surface area contributed by atoms with E-state index in [0.717, 1.165) is 13.1 Å². The molecule has 0 rings (SSSR count). The summed E-state index contributed by atoms with van der Waals surface area (Å²) in [6.45, 7) is 13.1. The van der Waals surface area contributed by atoms with Crippen molar-refractivity contribution in [2.75, 3.05) is 27.2 Å². The fourth-order valence-electron chi connectivity index (χ4n) is 1.15. The summed E-state index contributed by atoms with van der Waals surface area (Å²) in [5, 5.41) is 11.8. The minimum Gasteiger partial charge on any atom is -0.391 e. The number of unbranched alkanes of at least 4 members (excludes halogenated alkanes) is 1. The Labute approximate surface area is 144 Å². The topological polar surface area (TPSA) is 52.6 Å². The quantitative estimate of drug-likeness (QED) is 0.558. The third-order valence-corrected chi connectivity index (χ3v) is 2.54. The Balaban J connectivity index is -0.000000136. The summed E-state index contributed by atoms with van der Waals surface area (Å²) >= 11 is 0. The molecule has 0 aromatic rings. The van der Waals surface area contributed by atoms with E-state index in [1.807, 2.05) is 33.0 Å². The van der Waals surface area contributed by atoms with Crippen LogP contribution in [0.25, 0.3) is 0 Å². The van der Waals surface area contributed by atoms with Crippen molar-refractivity contribution in [1.29, 1.82) is 0 Å². The lowest BCUT2D eigenvalue weighted by Crippen LogP contribution is -2.29. The Morgan fingerprint density at radius 1 is 1.35 bits per heavy atom. The van der Waals surface area contributed by atoms with Crippen molar-refractivity contribution in [2.45, 2.75) is 53.1 Å². The van der Waals surface area contributed by atoms with Crippen LogP contribution in [0.15, 0.2) is 24.8 Å². The zero-order valence-electron chi connectivity index (χ0n) is 16.0. The molecule has 136 valence electrons. The summed E-state index contributed by atoms with van der Waals surface area (Å²) in [6, 6.07) is 0. The van der Waals surface area contributed by atoms with Crippen molar-refractivity contribution >= 4 is 5.91 Å². The Bertz CT molecular complexity index is 282. The van der Waals surface area contributed by atoms with Gasteiger partial charge in [-0.05, 0) is 40.3 Å². The van der Waals surface area contributed by atoms with Crippen LogP contribution in [0, 0.1) is 12.8 Å². The predicted molar refractivity (Wildman–Crippen MR) is 103 cm³/mol. The normalized spacial score (nSPS) is 10.2. The molecule has 0 aliphatic heterocycles. The summed E-state index contributed by atoms with van der Waals surface area (Å²) in [6.07, 6.45) is 16.6.